The molecule has 0 spiro atoms. The molecule has 0 radical (unpaired) electrons. The lowest BCUT2D eigenvalue weighted by Gasteiger charge is -2.16. The molecule has 6 nitrogen and oxygen atoms in total. The highest BCUT2D eigenvalue weighted by Gasteiger charge is 2.30. The Hall–Kier alpha value is -2.34. The number of benzene rings is 1. The highest BCUT2D eigenvalue weighted by Crippen LogP contribution is 2.19. The molecule has 2 rings (SSSR count). The van der Waals surface area contributed by atoms with Crippen molar-refractivity contribution < 1.29 is 24.5 Å². The average Bonchev–Trinajstić information content (AvgIpc) is 2.79. The van der Waals surface area contributed by atoms with Gasteiger partial charge in [0, 0.05) is 12.0 Å². The van der Waals surface area contributed by atoms with Crippen LogP contribution in [0.5, 0.6) is 0 Å². The monoisotopic (exact) mass is 277 g/mol. The van der Waals surface area contributed by atoms with E-state index >= 15 is 0 Å². The summed E-state index contributed by atoms with van der Waals surface area (Å²) in [5, 5.41) is 20.9. The van der Waals surface area contributed by atoms with Gasteiger partial charge in [-0.05, 0) is 11.6 Å². The first-order valence-corrected chi connectivity index (χ1v) is 6.15. The van der Waals surface area contributed by atoms with Gasteiger partial charge in [0.25, 0.3) is 0 Å². The lowest BCUT2D eigenvalue weighted by molar-refractivity contribution is -0.132. The van der Waals surface area contributed by atoms with Crippen molar-refractivity contribution in [2.24, 2.45) is 0 Å². The average molecular weight is 277 g/mol. The van der Waals surface area contributed by atoms with Crippen LogP contribution in [0, 0.1) is 0 Å². The first-order valence-electron chi connectivity index (χ1n) is 6.15. The molecule has 106 valence electrons. The van der Waals surface area contributed by atoms with E-state index < -0.39 is 24.2 Å². The third-order valence-electron chi connectivity index (χ3n) is 3.01. The second kappa shape index (κ2) is 6.21. The fourth-order valence-corrected chi connectivity index (χ4v) is 1.96. The summed E-state index contributed by atoms with van der Waals surface area (Å²) < 4.78 is 5.00. The maximum absolute atomic E-state index is 11.6. The Bertz CT molecular complexity index is 526. The molecule has 0 saturated heterocycles. The second-order valence-electron chi connectivity index (χ2n) is 4.50. The van der Waals surface area contributed by atoms with Crippen molar-refractivity contribution in [2.75, 3.05) is 0 Å². The van der Waals surface area contributed by atoms with Crippen LogP contribution >= 0.6 is 0 Å². The maximum atomic E-state index is 11.6. The standard InChI is InChI=1S/C14H15NO5/c16-12-7-10(13(17)18)6-11(12)15-14(19)20-8-9-4-2-1-3-5-9/h1-5,7,11-12,16H,6,8H2,(H,15,19)(H,17,18)/t11-,12+/m1/s1. The summed E-state index contributed by atoms with van der Waals surface area (Å²) in [6, 6.07) is 8.51. The van der Waals surface area contributed by atoms with E-state index in [1.807, 2.05) is 30.3 Å². The van der Waals surface area contributed by atoms with Gasteiger partial charge in [-0.1, -0.05) is 30.3 Å². The Labute approximate surface area is 115 Å². The van der Waals surface area contributed by atoms with Crippen molar-refractivity contribution in [3.8, 4) is 0 Å². The highest BCUT2D eigenvalue weighted by molar-refractivity contribution is 5.87. The zero-order valence-corrected chi connectivity index (χ0v) is 10.7. The molecule has 1 aliphatic rings. The molecule has 0 heterocycles. The number of amides is 1. The van der Waals surface area contributed by atoms with E-state index in [9.17, 15) is 14.7 Å². The number of carboxylic acid groups (broad SMARTS) is 1. The van der Waals surface area contributed by atoms with E-state index in [1.54, 1.807) is 0 Å². The van der Waals surface area contributed by atoms with Crippen molar-refractivity contribution in [2.45, 2.75) is 25.2 Å². The number of carbonyl (C=O) groups excluding carboxylic acids is 1. The molecular formula is C14H15NO5. The maximum Gasteiger partial charge on any atom is 0.407 e. The van der Waals surface area contributed by atoms with Gasteiger partial charge in [0.2, 0.25) is 0 Å². The number of aliphatic hydroxyl groups is 1. The molecule has 0 unspecified atom stereocenters. The van der Waals surface area contributed by atoms with Gasteiger partial charge in [0.15, 0.2) is 0 Å². The largest absolute Gasteiger partial charge is 0.478 e. The quantitative estimate of drug-likeness (QED) is 0.764. The smallest absolute Gasteiger partial charge is 0.407 e. The van der Waals surface area contributed by atoms with E-state index in [2.05, 4.69) is 5.32 Å². The summed E-state index contributed by atoms with van der Waals surface area (Å²) in [4.78, 5) is 22.3. The Morgan fingerprint density at radius 3 is 2.60 bits per heavy atom. The number of nitrogens with one attached hydrogen (secondary N) is 1. The van der Waals surface area contributed by atoms with E-state index in [4.69, 9.17) is 9.84 Å². The van der Waals surface area contributed by atoms with Crippen LogP contribution in [-0.2, 0) is 16.1 Å². The molecule has 6 heteroatoms. The van der Waals surface area contributed by atoms with E-state index in [-0.39, 0.29) is 18.6 Å². The lowest BCUT2D eigenvalue weighted by Crippen LogP contribution is -2.40. The molecule has 0 aliphatic heterocycles. The van der Waals surface area contributed by atoms with Crippen molar-refractivity contribution in [1.82, 2.24) is 5.32 Å². The van der Waals surface area contributed by atoms with Crippen LogP contribution in [0.3, 0.4) is 0 Å². The van der Waals surface area contributed by atoms with Gasteiger partial charge in [-0.3, -0.25) is 0 Å². The molecular weight excluding hydrogens is 262 g/mol. The normalized spacial score (nSPS) is 21.1. The number of hydrogen-bond donors (Lipinski definition) is 3. The van der Waals surface area contributed by atoms with Gasteiger partial charge in [0.05, 0.1) is 12.1 Å². The van der Waals surface area contributed by atoms with Gasteiger partial charge in [-0.2, -0.15) is 0 Å². The predicted molar refractivity (Wildman–Crippen MR) is 69.9 cm³/mol. The molecule has 20 heavy (non-hydrogen) atoms. The zero-order valence-electron chi connectivity index (χ0n) is 10.7. The number of carboxylic acids is 1. The minimum absolute atomic E-state index is 0.0803. The Balaban J connectivity index is 1.80. The Morgan fingerprint density at radius 2 is 2.00 bits per heavy atom. The van der Waals surface area contributed by atoms with Crippen molar-refractivity contribution >= 4 is 12.1 Å². The Kier molecular flexibility index (Phi) is 4.37. The number of alkyl carbamates (subject to hydrolysis) is 1. The van der Waals surface area contributed by atoms with Crippen molar-refractivity contribution in [3.05, 3.63) is 47.5 Å². The topological polar surface area (TPSA) is 95.9 Å². The third kappa shape index (κ3) is 3.58. The number of carbonyl (C=O) groups is 2. The number of rotatable bonds is 4. The summed E-state index contributed by atoms with van der Waals surface area (Å²) >= 11 is 0. The molecule has 1 aromatic carbocycles. The van der Waals surface area contributed by atoms with E-state index in [1.165, 1.54) is 6.08 Å². The predicted octanol–water partition coefficient (Wildman–Crippen LogP) is 1.06. The van der Waals surface area contributed by atoms with Gasteiger partial charge >= 0.3 is 12.1 Å². The SMILES string of the molecule is O=C(N[C@@H]1CC(C(=O)O)=C[C@@H]1O)OCc1ccccc1. The summed E-state index contributed by atoms with van der Waals surface area (Å²) in [5.74, 6) is -1.09. The molecule has 0 aromatic heterocycles. The summed E-state index contributed by atoms with van der Waals surface area (Å²) in [7, 11) is 0. The molecule has 1 aliphatic carbocycles. The molecule has 2 atom stereocenters. The number of hydrogen-bond acceptors (Lipinski definition) is 4. The molecule has 0 saturated carbocycles. The summed E-state index contributed by atoms with van der Waals surface area (Å²) in [6.45, 7) is 0.120. The number of aliphatic carboxylic acids is 1. The fourth-order valence-electron chi connectivity index (χ4n) is 1.96. The van der Waals surface area contributed by atoms with Crippen molar-refractivity contribution in [1.29, 1.82) is 0 Å². The van der Waals surface area contributed by atoms with Crippen molar-refractivity contribution in [3.63, 3.8) is 0 Å². The van der Waals surface area contributed by atoms with Crippen LogP contribution in [0.1, 0.15) is 12.0 Å². The van der Waals surface area contributed by atoms with Crippen LogP contribution in [0.15, 0.2) is 42.0 Å². The first-order chi connectivity index (χ1) is 9.56. The number of ether oxygens (including phenoxy) is 1. The van der Waals surface area contributed by atoms with Crippen LogP contribution in [0.4, 0.5) is 4.79 Å². The van der Waals surface area contributed by atoms with Gasteiger partial charge < -0.3 is 20.3 Å². The molecule has 0 bridgehead atoms. The second-order valence-corrected chi connectivity index (χ2v) is 4.50. The van der Waals surface area contributed by atoms with Gasteiger partial charge in [-0.15, -0.1) is 0 Å². The van der Waals surface area contributed by atoms with Crippen LogP contribution in [-0.4, -0.2) is 34.4 Å². The number of aliphatic hydroxyl groups excluding tert-OH is 1. The Morgan fingerprint density at radius 1 is 1.30 bits per heavy atom. The molecule has 1 aromatic rings. The first kappa shape index (κ1) is 14.1. The zero-order chi connectivity index (χ0) is 14.5. The van der Waals surface area contributed by atoms with Gasteiger partial charge in [0.1, 0.15) is 6.61 Å². The fraction of sp³-hybridized carbons (Fsp3) is 0.286. The van der Waals surface area contributed by atoms with Crippen LogP contribution in [0.2, 0.25) is 0 Å². The summed E-state index contributed by atoms with van der Waals surface area (Å²) in [6.07, 6.45) is -0.384. The third-order valence-corrected chi connectivity index (χ3v) is 3.01. The minimum atomic E-state index is -1.09. The summed E-state index contributed by atoms with van der Waals surface area (Å²) in [5.41, 5.74) is 0.935. The highest BCUT2D eigenvalue weighted by atomic mass is 16.5. The van der Waals surface area contributed by atoms with E-state index in [0.717, 1.165) is 5.56 Å². The molecule has 0 fully saturated rings. The molecule has 3 N–H and O–H groups in total. The van der Waals surface area contributed by atoms with Gasteiger partial charge in [-0.25, -0.2) is 9.59 Å². The van der Waals surface area contributed by atoms with Crippen LogP contribution in [0.25, 0.3) is 0 Å². The lowest BCUT2D eigenvalue weighted by atomic mass is 10.2. The van der Waals surface area contributed by atoms with E-state index in [0.29, 0.717) is 0 Å². The van der Waals surface area contributed by atoms with Crippen LogP contribution < -0.4 is 5.32 Å². The molecule has 1 amide bonds. The minimum Gasteiger partial charge on any atom is -0.478 e.